The number of nitrogens with one attached hydrogen (secondary N) is 1. The second-order valence-corrected chi connectivity index (χ2v) is 7.12. The van der Waals surface area contributed by atoms with Crippen LogP contribution >= 0.6 is 15.9 Å². The number of hydrogen-bond donors (Lipinski definition) is 1. The molecule has 6 heteroatoms. The van der Waals surface area contributed by atoms with Gasteiger partial charge in [-0.2, -0.15) is 4.98 Å². The Hall–Kier alpha value is -2.34. The van der Waals surface area contributed by atoms with Crippen LogP contribution < -0.4 is 10.2 Å². The fourth-order valence-corrected chi connectivity index (χ4v) is 3.45. The molecule has 1 aromatic heterocycles. The molecule has 1 atom stereocenters. The third kappa shape index (κ3) is 3.14. The fourth-order valence-electron chi connectivity index (χ4n) is 3.20. The van der Waals surface area contributed by atoms with Gasteiger partial charge in [-0.1, -0.05) is 28.1 Å². The lowest BCUT2D eigenvalue weighted by atomic mass is 10.2. The lowest BCUT2D eigenvalue weighted by Crippen LogP contribution is -2.39. The third-order valence-corrected chi connectivity index (χ3v) is 5.40. The van der Waals surface area contributed by atoms with Gasteiger partial charge in [-0.15, -0.1) is 0 Å². The van der Waals surface area contributed by atoms with Crippen molar-refractivity contribution < 1.29 is 9.21 Å². The number of aryl methyl sites for hydroxylation is 1. The van der Waals surface area contributed by atoms with Crippen molar-refractivity contribution in [1.29, 1.82) is 0 Å². The van der Waals surface area contributed by atoms with E-state index in [0.717, 1.165) is 46.2 Å². The van der Waals surface area contributed by atoms with Gasteiger partial charge in [0.1, 0.15) is 11.6 Å². The van der Waals surface area contributed by atoms with Gasteiger partial charge in [0.05, 0.1) is 0 Å². The Balaban J connectivity index is 1.56. The first-order valence-corrected chi connectivity index (χ1v) is 9.10. The smallest absolute Gasteiger partial charge is 0.299 e. The molecular weight excluding hydrogens is 382 g/mol. The summed E-state index contributed by atoms with van der Waals surface area (Å²) in [5.41, 5.74) is 3.44. The van der Waals surface area contributed by atoms with Crippen molar-refractivity contribution in [3.05, 3.63) is 52.5 Å². The summed E-state index contributed by atoms with van der Waals surface area (Å²) in [5.74, 6) is -0.0264. The molecular formula is C19H18BrN3O2. The van der Waals surface area contributed by atoms with Gasteiger partial charge in [0.25, 0.3) is 6.01 Å². The van der Waals surface area contributed by atoms with Gasteiger partial charge in [-0.05, 0) is 55.7 Å². The van der Waals surface area contributed by atoms with Gasteiger partial charge in [-0.3, -0.25) is 4.79 Å². The fraction of sp³-hybridized carbons (Fsp3) is 0.263. The summed E-state index contributed by atoms with van der Waals surface area (Å²) < 4.78 is 6.87. The highest BCUT2D eigenvalue weighted by molar-refractivity contribution is 9.10. The maximum absolute atomic E-state index is 12.8. The van der Waals surface area contributed by atoms with Crippen LogP contribution in [0.3, 0.4) is 0 Å². The summed E-state index contributed by atoms with van der Waals surface area (Å²) in [7, 11) is 0. The van der Waals surface area contributed by atoms with Crippen molar-refractivity contribution in [2.24, 2.45) is 0 Å². The van der Waals surface area contributed by atoms with E-state index in [1.165, 1.54) is 0 Å². The van der Waals surface area contributed by atoms with Crippen molar-refractivity contribution in [3.63, 3.8) is 0 Å². The molecule has 0 radical (unpaired) electrons. The van der Waals surface area contributed by atoms with Crippen molar-refractivity contribution in [2.45, 2.75) is 25.8 Å². The number of hydrogen-bond acceptors (Lipinski definition) is 4. The number of amides is 1. The Morgan fingerprint density at radius 3 is 2.96 bits per heavy atom. The number of anilines is 2. The number of para-hydroxylation sites is 2. The molecule has 0 saturated carbocycles. The van der Waals surface area contributed by atoms with Crippen LogP contribution in [0, 0.1) is 6.92 Å². The molecule has 0 aliphatic carbocycles. The highest BCUT2D eigenvalue weighted by Crippen LogP contribution is 2.29. The molecule has 0 bridgehead atoms. The normalized spacial score (nSPS) is 17.2. The van der Waals surface area contributed by atoms with E-state index in [2.05, 4.69) is 26.2 Å². The molecule has 2 heterocycles. The van der Waals surface area contributed by atoms with E-state index < -0.39 is 0 Å². The Kier molecular flexibility index (Phi) is 4.21. The molecule has 1 amide bonds. The number of fused-ring (bicyclic) bond motifs is 1. The van der Waals surface area contributed by atoms with E-state index in [9.17, 15) is 4.79 Å². The summed E-state index contributed by atoms with van der Waals surface area (Å²) in [6.45, 7) is 2.77. The maximum atomic E-state index is 12.8. The second-order valence-electron chi connectivity index (χ2n) is 6.27. The molecule has 5 nitrogen and oxygen atoms in total. The quantitative estimate of drug-likeness (QED) is 0.703. The Morgan fingerprint density at radius 1 is 1.32 bits per heavy atom. The predicted molar refractivity (Wildman–Crippen MR) is 102 cm³/mol. The molecule has 1 aliphatic heterocycles. The van der Waals surface area contributed by atoms with E-state index >= 15 is 0 Å². The lowest BCUT2D eigenvalue weighted by molar-refractivity contribution is -0.117. The number of benzene rings is 2. The van der Waals surface area contributed by atoms with Gasteiger partial charge in [0, 0.05) is 16.7 Å². The van der Waals surface area contributed by atoms with Crippen molar-refractivity contribution >= 4 is 44.6 Å². The number of carbonyl (C=O) groups is 1. The van der Waals surface area contributed by atoms with E-state index in [1.807, 2.05) is 54.3 Å². The molecule has 0 spiro atoms. The van der Waals surface area contributed by atoms with E-state index in [-0.39, 0.29) is 11.9 Å². The first-order chi connectivity index (χ1) is 12.1. The highest BCUT2D eigenvalue weighted by atomic mass is 79.9. The largest absolute Gasteiger partial charge is 0.423 e. The minimum absolute atomic E-state index is 0.0264. The number of nitrogens with zero attached hydrogens (tertiary/aromatic N) is 2. The summed E-state index contributed by atoms with van der Waals surface area (Å²) in [4.78, 5) is 19.3. The van der Waals surface area contributed by atoms with Gasteiger partial charge in [0.2, 0.25) is 5.91 Å². The third-order valence-electron chi connectivity index (χ3n) is 4.51. The number of halogens is 1. The van der Waals surface area contributed by atoms with Crippen LogP contribution in [-0.2, 0) is 4.79 Å². The molecule has 3 aromatic rings. The van der Waals surface area contributed by atoms with Gasteiger partial charge < -0.3 is 14.6 Å². The molecule has 1 aliphatic rings. The van der Waals surface area contributed by atoms with E-state index in [1.54, 1.807) is 0 Å². The van der Waals surface area contributed by atoms with Crippen LogP contribution in [0.15, 0.2) is 51.4 Å². The number of rotatable bonds is 3. The minimum atomic E-state index is -0.267. The average Bonchev–Trinajstić information content (AvgIpc) is 3.24. The summed E-state index contributed by atoms with van der Waals surface area (Å²) in [6, 6.07) is 13.7. The lowest BCUT2D eigenvalue weighted by Gasteiger charge is -2.22. The van der Waals surface area contributed by atoms with E-state index in [4.69, 9.17) is 4.42 Å². The van der Waals surface area contributed by atoms with Crippen molar-refractivity contribution in [3.8, 4) is 0 Å². The highest BCUT2D eigenvalue weighted by Gasteiger charge is 2.33. The van der Waals surface area contributed by atoms with Gasteiger partial charge >= 0.3 is 0 Å². The maximum Gasteiger partial charge on any atom is 0.299 e. The molecule has 0 unspecified atom stereocenters. The Bertz CT molecular complexity index is 904. The molecule has 1 fully saturated rings. The summed E-state index contributed by atoms with van der Waals surface area (Å²) in [5, 5.41) is 3.01. The zero-order valence-electron chi connectivity index (χ0n) is 13.8. The SMILES string of the molecule is Cc1cc(NC(=O)[C@@H]2CCCN2c2nc3ccccc3o2)ccc1Br. The van der Waals surface area contributed by atoms with E-state index in [0.29, 0.717) is 6.01 Å². The van der Waals surface area contributed by atoms with Gasteiger partial charge in [-0.25, -0.2) is 0 Å². The zero-order valence-corrected chi connectivity index (χ0v) is 15.4. The van der Waals surface area contributed by atoms with Crippen LogP contribution in [0.1, 0.15) is 18.4 Å². The topological polar surface area (TPSA) is 58.4 Å². The zero-order chi connectivity index (χ0) is 17.4. The van der Waals surface area contributed by atoms with Crippen LogP contribution in [0.25, 0.3) is 11.1 Å². The van der Waals surface area contributed by atoms with Gasteiger partial charge in [0.15, 0.2) is 5.58 Å². The van der Waals surface area contributed by atoms with Crippen LogP contribution in [-0.4, -0.2) is 23.5 Å². The molecule has 25 heavy (non-hydrogen) atoms. The first-order valence-electron chi connectivity index (χ1n) is 8.31. The number of aromatic nitrogens is 1. The number of oxazole rings is 1. The van der Waals surface area contributed by atoms with Crippen LogP contribution in [0.5, 0.6) is 0 Å². The monoisotopic (exact) mass is 399 g/mol. The number of carbonyl (C=O) groups excluding carboxylic acids is 1. The van der Waals surface area contributed by atoms with Crippen molar-refractivity contribution in [1.82, 2.24) is 4.98 Å². The average molecular weight is 400 g/mol. The Labute approximate surface area is 154 Å². The minimum Gasteiger partial charge on any atom is -0.423 e. The Morgan fingerprint density at radius 2 is 2.16 bits per heavy atom. The molecule has 4 rings (SSSR count). The summed E-state index contributed by atoms with van der Waals surface area (Å²) >= 11 is 3.48. The second kappa shape index (κ2) is 6.52. The molecule has 2 aromatic carbocycles. The summed E-state index contributed by atoms with van der Waals surface area (Å²) in [6.07, 6.45) is 1.73. The molecule has 128 valence electrons. The first kappa shape index (κ1) is 16.1. The molecule has 1 saturated heterocycles. The standard InChI is InChI=1S/C19H18BrN3O2/c1-12-11-13(8-9-14(12)20)21-18(24)16-6-4-10-23(16)19-22-15-5-2-3-7-17(15)25-19/h2-3,5,7-9,11,16H,4,6,10H2,1H3,(H,21,24)/t16-/m0/s1. The van der Waals surface area contributed by atoms with Crippen LogP contribution in [0.4, 0.5) is 11.7 Å². The predicted octanol–water partition coefficient (Wildman–Crippen LogP) is 4.51. The molecule has 1 N–H and O–H groups in total. The van der Waals surface area contributed by atoms with Crippen LogP contribution in [0.2, 0.25) is 0 Å². The van der Waals surface area contributed by atoms with Crippen molar-refractivity contribution in [2.75, 3.05) is 16.8 Å².